The van der Waals surface area contributed by atoms with Crippen LogP contribution in [0.25, 0.3) is 0 Å². The number of rotatable bonds is 5. The van der Waals surface area contributed by atoms with Crippen molar-refractivity contribution in [2.24, 2.45) is 0 Å². The van der Waals surface area contributed by atoms with E-state index >= 15 is 0 Å². The van der Waals surface area contributed by atoms with Gasteiger partial charge in [0.15, 0.2) is 9.84 Å². The van der Waals surface area contributed by atoms with E-state index in [-0.39, 0.29) is 31.0 Å². The summed E-state index contributed by atoms with van der Waals surface area (Å²) in [6.45, 7) is 1.96. The molecule has 2 atom stereocenters. The van der Waals surface area contributed by atoms with E-state index in [1.165, 1.54) is 4.90 Å². The molecule has 1 aliphatic rings. The lowest BCUT2D eigenvalue weighted by molar-refractivity contribution is -0.142. The quantitative estimate of drug-likeness (QED) is 0.647. The third kappa shape index (κ3) is 3.43. The zero-order valence-corrected chi connectivity index (χ0v) is 9.98. The fraction of sp³-hybridized carbons (Fsp3) is 0.889. The van der Waals surface area contributed by atoms with E-state index in [1.54, 1.807) is 6.92 Å². The average molecular weight is 251 g/mol. The maximum Gasteiger partial charge on any atom is 0.321 e. The van der Waals surface area contributed by atoms with Crippen LogP contribution in [-0.2, 0) is 14.6 Å². The van der Waals surface area contributed by atoms with Gasteiger partial charge in [0, 0.05) is 25.3 Å². The number of carboxylic acids is 1. The minimum absolute atomic E-state index is 0.0556. The van der Waals surface area contributed by atoms with Gasteiger partial charge in [-0.25, -0.2) is 8.42 Å². The topological polar surface area (TPSA) is 94.9 Å². The summed E-state index contributed by atoms with van der Waals surface area (Å²) < 4.78 is 22.6. The number of aliphatic carboxylic acids is 1. The van der Waals surface area contributed by atoms with Crippen LogP contribution in [0.2, 0.25) is 0 Å². The third-order valence-corrected chi connectivity index (χ3v) is 4.48. The first-order chi connectivity index (χ1) is 7.35. The Hall–Kier alpha value is -0.660. The minimum atomic E-state index is -3.09. The number of β-amino-alcohol motifs (C(OH)–C–C–N with tert-alkyl or cyclic N) is 1. The molecule has 1 aliphatic heterocycles. The van der Waals surface area contributed by atoms with Crippen LogP contribution in [0.4, 0.5) is 0 Å². The molecular formula is C9H17NO5S. The van der Waals surface area contributed by atoms with E-state index < -0.39 is 28.0 Å². The smallest absolute Gasteiger partial charge is 0.321 e. The second-order valence-corrected chi connectivity index (χ2v) is 6.45. The Labute approximate surface area is 94.8 Å². The normalized spacial score (nSPS) is 27.1. The minimum Gasteiger partial charge on any atom is -0.480 e. The molecule has 0 aromatic rings. The Balaban J connectivity index is 2.56. The van der Waals surface area contributed by atoms with E-state index in [2.05, 4.69) is 0 Å². The molecule has 0 spiro atoms. The predicted octanol–water partition coefficient (Wildman–Crippen LogP) is -1.06. The zero-order valence-electron chi connectivity index (χ0n) is 9.16. The van der Waals surface area contributed by atoms with Crippen LogP contribution in [0.3, 0.4) is 0 Å². The first-order valence-electron chi connectivity index (χ1n) is 5.21. The number of carboxylic acid groups (broad SMARTS) is 1. The predicted molar refractivity (Wildman–Crippen MR) is 57.9 cm³/mol. The molecule has 0 aromatic heterocycles. The van der Waals surface area contributed by atoms with Gasteiger partial charge >= 0.3 is 5.97 Å². The standard InChI is InChI=1S/C9H17NO5S/c1-2-16(14,15)4-3-10-6-7(11)5-8(10)9(12)13/h7-8,11H,2-6H2,1H3,(H,12,13). The Kier molecular flexibility index (Phi) is 4.28. The van der Waals surface area contributed by atoms with Crippen molar-refractivity contribution >= 4 is 15.8 Å². The number of likely N-dealkylation sites (tertiary alicyclic amines) is 1. The Morgan fingerprint density at radius 1 is 1.50 bits per heavy atom. The molecule has 94 valence electrons. The lowest BCUT2D eigenvalue weighted by atomic mass is 10.2. The molecular weight excluding hydrogens is 234 g/mol. The number of sulfone groups is 1. The van der Waals surface area contributed by atoms with Gasteiger partial charge < -0.3 is 10.2 Å². The molecule has 0 radical (unpaired) electrons. The number of aliphatic hydroxyl groups excluding tert-OH is 1. The van der Waals surface area contributed by atoms with Crippen LogP contribution in [-0.4, -0.2) is 66.2 Å². The maximum absolute atomic E-state index is 11.3. The number of hydrogen-bond acceptors (Lipinski definition) is 5. The molecule has 2 N–H and O–H groups in total. The second kappa shape index (κ2) is 5.11. The van der Waals surface area contributed by atoms with Gasteiger partial charge in [-0.3, -0.25) is 9.69 Å². The molecule has 1 saturated heterocycles. The Bertz CT molecular complexity index is 353. The monoisotopic (exact) mass is 251 g/mol. The van der Waals surface area contributed by atoms with Crippen LogP contribution >= 0.6 is 0 Å². The zero-order chi connectivity index (χ0) is 12.3. The summed E-state index contributed by atoms with van der Waals surface area (Å²) in [5.74, 6) is -1.01. The van der Waals surface area contributed by atoms with Gasteiger partial charge in [0.2, 0.25) is 0 Å². The molecule has 1 fully saturated rings. The van der Waals surface area contributed by atoms with Gasteiger partial charge in [-0.15, -0.1) is 0 Å². The van der Waals surface area contributed by atoms with Crippen molar-refractivity contribution in [3.63, 3.8) is 0 Å². The highest BCUT2D eigenvalue weighted by Crippen LogP contribution is 2.17. The summed E-state index contributed by atoms with van der Waals surface area (Å²) in [5.41, 5.74) is 0. The van der Waals surface area contributed by atoms with Crippen LogP contribution in [0.1, 0.15) is 13.3 Å². The molecule has 2 unspecified atom stereocenters. The van der Waals surface area contributed by atoms with E-state index in [0.717, 1.165) is 0 Å². The lowest BCUT2D eigenvalue weighted by Crippen LogP contribution is -2.39. The van der Waals surface area contributed by atoms with Crippen molar-refractivity contribution in [2.75, 3.05) is 24.6 Å². The number of hydrogen-bond donors (Lipinski definition) is 2. The summed E-state index contributed by atoms with van der Waals surface area (Å²) in [5, 5.41) is 18.2. The first-order valence-corrected chi connectivity index (χ1v) is 7.03. The summed E-state index contributed by atoms with van der Waals surface area (Å²) in [6.07, 6.45) is -0.507. The number of aliphatic hydroxyl groups is 1. The summed E-state index contributed by atoms with van der Waals surface area (Å²) >= 11 is 0. The van der Waals surface area contributed by atoms with Crippen molar-refractivity contribution < 1.29 is 23.4 Å². The molecule has 0 aromatic carbocycles. The molecule has 1 heterocycles. The lowest BCUT2D eigenvalue weighted by Gasteiger charge is -2.20. The average Bonchev–Trinajstić information content (AvgIpc) is 2.57. The molecule has 16 heavy (non-hydrogen) atoms. The molecule has 0 saturated carbocycles. The molecule has 0 amide bonds. The van der Waals surface area contributed by atoms with Crippen molar-refractivity contribution in [3.05, 3.63) is 0 Å². The number of nitrogens with zero attached hydrogens (tertiary/aromatic N) is 1. The van der Waals surface area contributed by atoms with E-state index in [1.807, 2.05) is 0 Å². The van der Waals surface area contributed by atoms with Crippen molar-refractivity contribution in [1.82, 2.24) is 4.90 Å². The van der Waals surface area contributed by atoms with E-state index in [0.29, 0.717) is 0 Å². The third-order valence-electron chi connectivity index (χ3n) is 2.80. The van der Waals surface area contributed by atoms with Crippen molar-refractivity contribution in [2.45, 2.75) is 25.5 Å². The van der Waals surface area contributed by atoms with Crippen LogP contribution in [0.15, 0.2) is 0 Å². The fourth-order valence-corrected chi connectivity index (χ4v) is 2.59. The number of carbonyl (C=O) groups is 1. The van der Waals surface area contributed by atoms with Gasteiger partial charge in [0.05, 0.1) is 11.9 Å². The first kappa shape index (κ1) is 13.4. The van der Waals surface area contributed by atoms with Gasteiger partial charge in [-0.05, 0) is 0 Å². The molecule has 7 heteroatoms. The molecule has 0 bridgehead atoms. The van der Waals surface area contributed by atoms with E-state index in [9.17, 15) is 18.3 Å². The maximum atomic E-state index is 11.3. The largest absolute Gasteiger partial charge is 0.480 e. The van der Waals surface area contributed by atoms with Gasteiger partial charge in [-0.1, -0.05) is 6.92 Å². The summed E-state index contributed by atoms with van der Waals surface area (Å²) in [7, 11) is -3.09. The Morgan fingerprint density at radius 3 is 2.62 bits per heavy atom. The summed E-state index contributed by atoms with van der Waals surface area (Å²) in [4.78, 5) is 12.4. The van der Waals surface area contributed by atoms with Gasteiger partial charge in [-0.2, -0.15) is 0 Å². The molecule has 0 aliphatic carbocycles. The molecule has 6 nitrogen and oxygen atoms in total. The SMILES string of the molecule is CCS(=O)(=O)CCN1CC(O)CC1C(=O)O. The van der Waals surface area contributed by atoms with Gasteiger partial charge in [0.25, 0.3) is 0 Å². The van der Waals surface area contributed by atoms with Crippen LogP contribution in [0.5, 0.6) is 0 Å². The highest BCUT2D eigenvalue weighted by atomic mass is 32.2. The Morgan fingerprint density at radius 2 is 2.12 bits per heavy atom. The van der Waals surface area contributed by atoms with E-state index in [4.69, 9.17) is 5.11 Å². The van der Waals surface area contributed by atoms with Crippen LogP contribution < -0.4 is 0 Å². The van der Waals surface area contributed by atoms with Gasteiger partial charge in [0.1, 0.15) is 6.04 Å². The van der Waals surface area contributed by atoms with Crippen LogP contribution in [0, 0.1) is 0 Å². The highest BCUT2D eigenvalue weighted by Gasteiger charge is 2.35. The summed E-state index contributed by atoms with van der Waals surface area (Å²) in [6, 6.07) is -0.762. The second-order valence-electron chi connectivity index (χ2n) is 3.97. The fourth-order valence-electron chi connectivity index (χ4n) is 1.78. The van der Waals surface area contributed by atoms with Crippen molar-refractivity contribution in [1.29, 1.82) is 0 Å². The molecule has 1 rings (SSSR count). The van der Waals surface area contributed by atoms with Crippen molar-refractivity contribution in [3.8, 4) is 0 Å². The highest BCUT2D eigenvalue weighted by molar-refractivity contribution is 7.91.